The first-order valence-corrected chi connectivity index (χ1v) is 6.35. The van der Waals surface area contributed by atoms with E-state index in [1.807, 2.05) is 0 Å². The summed E-state index contributed by atoms with van der Waals surface area (Å²) >= 11 is 0. The molecule has 16 heavy (non-hydrogen) atoms. The van der Waals surface area contributed by atoms with Crippen LogP contribution in [0, 0.1) is 0 Å². The maximum Gasteiger partial charge on any atom is 0.0236 e. The molecule has 1 aliphatic heterocycles. The van der Waals surface area contributed by atoms with E-state index in [1.54, 1.807) is 0 Å². The van der Waals surface area contributed by atoms with Gasteiger partial charge in [0, 0.05) is 19.1 Å². The summed E-state index contributed by atoms with van der Waals surface area (Å²) in [5.74, 6) is 0. The molecular formula is C14H22N2. The van der Waals surface area contributed by atoms with Crippen LogP contribution in [0.4, 0.5) is 0 Å². The SMILES string of the molecule is CCC1CCCN1Cc1ccc(CN)cc1. The fourth-order valence-electron chi connectivity index (χ4n) is 2.58. The summed E-state index contributed by atoms with van der Waals surface area (Å²) < 4.78 is 0. The Kier molecular flexibility index (Phi) is 3.97. The van der Waals surface area contributed by atoms with Crippen molar-refractivity contribution < 1.29 is 0 Å². The number of nitrogens with zero attached hydrogens (tertiary/aromatic N) is 1. The number of benzene rings is 1. The van der Waals surface area contributed by atoms with E-state index in [0.717, 1.165) is 12.6 Å². The first-order chi connectivity index (χ1) is 7.83. The van der Waals surface area contributed by atoms with Gasteiger partial charge in [0.1, 0.15) is 0 Å². The average molecular weight is 218 g/mol. The molecule has 0 aromatic heterocycles. The summed E-state index contributed by atoms with van der Waals surface area (Å²) in [4.78, 5) is 2.61. The van der Waals surface area contributed by atoms with Gasteiger partial charge in [-0.05, 0) is 36.9 Å². The van der Waals surface area contributed by atoms with Gasteiger partial charge in [-0.3, -0.25) is 4.90 Å². The van der Waals surface area contributed by atoms with Crippen molar-refractivity contribution in [2.75, 3.05) is 6.54 Å². The molecule has 1 heterocycles. The molecule has 1 aliphatic rings. The summed E-state index contributed by atoms with van der Waals surface area (Å²) in [6.45, 7) is 5.29. The van der Waals surface area contributed by atoms with Gasteiger partial charge in [0.15, 0.2) is 0 Å². The third kappa shape index (κ3) is 2.63. The summed E-state index contributed by atoms with van der Waals surface area (Å²) in [7, 11) is 0. The standard InChI is InChI=1S/C14H22N2/c1-2-14-4-3-9-16(14)11-13-7-5-12(10-15)6-8-13/h5-8,14H,2-4,9-11,15H2,1H3. The fraction of sp³-hybridized carbons (Fsp3) is 0.571. The molecule has 0 bridgehead atoms. The molecular weight excluding hydrogens is 196 g/mol. The van der Waals surface area contributed by atoms with Crippen LogP contribution in [0.15, 0.2) is 24.3 Å². The zero-order valence-electron chi connectivity index (χ0n) is 10.2. The van der Waals surface area contributed by atoms with Crippen molar-refractivity contribution in [3.8, 4) is 0 Å². The Morgan fingerprint density at radius 1 is 1.25 bits per heavy atom. The topological polar surface area (TPSA) is 29.3 Å². The molecule has 2 nitrogen and oxygen atoms in total. The maximum atomic E-state index is 5.60. The molecule has 2 rings (SSSR count). The van der Waals surface area contributed by atoms with Gasteiger partial charge in [0.25, 0.3) is 0 Å². The highest BCUT2D eigenvalue weighted by molar-refractivity contribution is 5.22. The predicted octanol–water partition coefficient (Wildman–Crippen LogP) is 2.52. The van der Waals surface area contributed by atoms with E-state index in [-0.39, 0.29) is 0 Å². The molecule has 1 aromatic carbocycles. The van der Waals surface area contributed by atoms with Crippen molar-refractivity contribution in [1.29, 1.82) is 0 Å². The van der Waals surface area contributed by atoms with Crippen molar-refractivity contribution >= 4 is 0 Å². The van der Waals surface area contributed by atoms with Crippen LogP contribution in [0.25, 0.3) is 0 Å². The largest absolute Gasteiger partial charge is 0.326 e. The van der Waals surface area contributed by atoms with Crippen molar-refractivity contribution in [2.45, 2.75) is 45.3 Å². The highest BCUT2D eigenvalue weighted by atomic mass is 15.2. The lowest BCUT2D eigenvalue weighted by Gasteiger charge is -2.23. The number of hydrogen-bond donors (Lipinski definition) is 1. The minimum Gasteiger partial charge on any atom is -0.326 e. The minimum atomic E-state index is 0.640. The summed E-state index contributed by atoms with van der Waals surface area (Å²) in [6.07, 6.45) is 4.01. The molecule has 88 valence electrons. The van der Waals surface area contributed by atoms with Gasteiger partial charge < -0.3 is 5.73 Å². The van der Waals surface area contributed by atoms with Gasteiger partial charge in [-0.15, -0.1) is 0 Å². The highest BCUT2D eigenvalue weighted by Gasteiger charge is 2.22. The summed E-state index contributed by atoms with van der Waals surface area (Å²) in [5.41, 5.74) is 8.23. The molecule has 2 heteroatoms. The Morgan fingerprint density at radius 3 is 2.56 bits per heavy atom. The van der Waals surface area contributed by atoms with Gasteiger partial charge in [0.2, 0.25) is 0 Å². The predicted molar refractivity (Wildman–Crippen MR) is 68.1 cm³/mol. The van der Waals surface area contributed by atoms with Gasteiger partial charge in [-0.1, -0.05) is 31.2 Å². The molecule has 0 spiro atoms. The zero-order chi connectivity index (χ0) is 11.4. The van der Waals surface area contributed by atoms with Crippen molar-refractivity contribution in [3.63, 3.8) is 0 Å². The van der Waals surface area contributed by atoms with Gasteiger partial charge in [-0.25, -0.2) is 0 Å². The summed E-state index contributed by atoms with van der Waals surface area (Å²) in [6, 6.07) is 9.52. The first kappa shape index (κ1) is 11.6. The zero-order valence-corrected chi connectivity index (χ0v) is 10.2. The fourth-order valence-corrected chi connectivity index (χ4v) is 2.58. The normalized spacial score (nSPS) is 21.5. The van der Waals surface area contributed by atoms with Crippen LogP contribution in [-0.4, -0.2) is 17.5 Å². The van der Waals surface area contributed by atoms with Crippen molar-refractivity contribution in [3.05, 3.63) is 35.4 Å². The van der Waals surface area contributed by atoms with Gasteiger partial charge in [0.05, 0.1) is 0 Å². The molecule has 1 unspecified atom stereocenters. The molecule has 2 N–H and O–H groups in total. The average Bonchev–Trinajstić information content (AvgIpc) is 2.77. The quantitative estimate of drug-likeness (QED) is 0.841. The second-order valence-corrected chi connectivity index (χ2v) is 4.70. The van der Waals surface area contributed by atoms with E-state index in [2.05, 4.69) is 36.1 Å². The molecule has 0 amide bonds. The smallest absolute Gasteiger partial charge is 0.0236 e. The van der Waals surface area contributed by atoms with Crippen LogP contribution in [0.5, 0.6) is 0 Å². The Hall–Kier alpha value is -0.860. The van der Waals surface area contributed by atoms with E-state index < -0.39 is 0 Å². The summed E-state index contributed by atoms with van der Waals surface area (Å²) in [5, 5.41) is 0. The molecule has 1 aromatic rings. The van der Waals surface area contributed by atoms with Crippen LogP contribution in [0.1, 0.15) is 37.3 Å². The molecule has 1 saturated heterocycles. The highest BCUT2D eigenvalue weighted by Crippen LogP contribution is 2.22. The van der Waals surface area contributed by atoms with Gasteiger partial charge in [-0.2, -0.15) is 0 Å². The van der Waals surface area contributed by atoms with Crippen LogP contribution < -0.4 is 5.73 Å². The molecule has 1 atom stereocenters. The lowest BCUT2D eigenvalue weighted by Crippen LogP contribution is -2.28. The number of nitrogens with two attached hydrogens (primary N) is 1. The Labute approximate surface area is 98.4 Å². The minimum absolute atomic E-state index is 0.640. The number of hydrogen-bond acceptors (Lipinski definition) is 2. The van der Waals surface area contributed by atoms with Crippen LogP contribution >= 0.6 is 0 Å². The van der Waals surface area contributed by atoms with Crippen molar-refractivity contribution in [1.82, 2.24) is 4.90 Å². The second-order valence-electron chi connectivity index (χ2n) is 4.70. The van der Waals surface area contributed by atoms with Crippen molar-refractivity contribution in [2.24, 2.45) is 5.73 Å². The van der Waals surface area contributed by atoms with E-state index in [1.165, 1.54) is 36.9 Å². The Bertz CT molecular complexity index is 318. The first-order valence-electron chi connectivity index (χ1n) is 6.35. The van der Waals surface area contributed by atoms with E-state index in [0.29, 0.717) is 6.54 Å². The lowest BCUT2D eigenvalue weighted by atomic mass is 10.1. The monoisotopic (exact) mass is 218 g/mol. The third-order valence-electron chi connectivity index (χ3n) is 3.61. The van der Waals surface area contributed by atoms with E-state index in [4.69, 9.17) is 5.73 Å². The van der Waals surface area contributed by atoms with Crippen LogP contribution in [-0.2, 0) is 13.1 Å². The molecule has 1 fully saturated rings. The molecule has 0 radical (unpaired) electrons. The second kappa shape index (κ2) is 5.46. The van der Waals surface area contributed by atoms with E-state index in [9.17, 15) is 0 Å². The third-order valence-corrected chi connectivity index (χ3v) is 3.61. The van der Waals surface area contributed by atoms with Gasteiger partial charge >= 0.3 is 0 Å². The molecule has 0 saturated carbocycles. The number of likely N-dealkylation sites (tertiary alicyclic amines) is 1. The molecule has 0 aliphatic carbocycles. The maximum absolute atomic E-state index is 5.60. The van der Waals surface area contributed by atoms with Crippen LogP contribution in [0.3, 0.4) is 0 Å². The van der Waals surface area contributed by atoms with Crippen LogP contribution in [0.2, 0.25) is 0 Å². The van der Waals surface area contributed by atoms with E-state index >= 15 is 0 Å². The number of rotatable bonds is 4. The lowest BCUT2D eigenvalue weighted by molar-refractivity contribution is 0.240. The Balaban J connectivity index is 1.97. The Morgan fingerprint density at radius 2 is 1.94 bits per heavy atom.